The Morgan fingerprint density at radius 3 is 2.59 bits per heavy atom. The molecule has 0 bridgehead atoms. The van der Waals surface area contributed by atoms with Crippen LogP contribution in [0.5, 0.6) is 0 Å². The molecule has 2 N–H and O–H groups in total. The van der Waals surface area contributed by atoms with Crippen LogP contribution in [0.25, 0.3) is 0 Å². The van der Waals surface area contributed by atoms with Crippen LogP contribution in [-0.4, -0.2) is 29.2 Å². The predicted octanol–water partition coefficient (Wildman–Crippen LogP) is 6.31. The molecule has 1 unspecified atom stereocenters. The van der Waals surface area contributed by atoms with Gasteiger partial charge in [-0.1, -0.05) is 42.5 Å². The SMILES string of the molecule is CC(=O)N1CCc2c(sc(NC(=O)C(Sc3cccc(NC(=O)c4cccs4)c3)c3ccccc3)c2C#N)C1. The lowest BCUT2D eigenvalue weighted by Crippen LogP contribution is -2.33. The zero-order valence-electron chi connectivity index (χ0n) is 21.0. The second-order valence-electron chi connectivity index (χ2n) is 8.87. The predicted molar refractivity (Wildman–Crippen MR) is 156 cm³/mol. The van der Waals surface area contributed by atoms with Gasteiger partial charge in [-0.05, 0) is 47.2 Å². The molecule has 0 saturated heterocycles. The Morgan fingerprint density at radius 2 is 1.87 bits per heavy atom. The summed E-state index contributed by atoms with van der Waals surface area (Å²) in [6, 6.07) is 22.7. The van der Waals surface area contributed by atoms with Crippen molar-refractivity contribution in [2.24, 2.45) is 0 Å². The Bertz CT molecular complexity index is 1560. The van der Waals surface area contributed by atoms with Crippen molar-refractivity contribution in [3.8, 4) is 6.07 Å². The Hall–Kier alpha value is -3.91. The molecule has 10 heteroatoms. The summed E-state index contributed by atoms with van der Waals surface area (Å²) in [7, 11) is 0. The molecule has 1 atom stereocenters. The molecule has 1 aliphatic rings. The molecule has 4 aromatic rings. The fraction of sp³-hybridized carbons (Fsp3) is 0.172. The number of benzene rings is 2. The molecule has 0 spiro atoms. The quantitative estimate of drug-likeness (QED) is 0.253. The first kappa shape index (κ1) is 26.7. The molecular formula is C29H24N4O3S3. The number of carbonyl (C=O) groups excluding carboxylic acids is 3. The molecule has 196 valence electrons. The lowest BCUT2D eigenvalue weighted by Gasteiger charge is -2.25. The minimum absolute atomic E-state index is 0.00695. The van der Waals surface area contributed by atoms with Crippen molar-refractivity contribution >= 4 is 62.8 Å². The van der Waals surface area contributed by atoms with Gasteiger partial charge >= 0.3 is 0 Å². The van der Waals surface area contributed by atoms with Gasteiger partial charge in [-0.2, -0.15) is 5.26 Å². The van der Waals surface area contributed by atoms with Gasteiger partial charge in [-0.3, -0.25) is 14.4 Å². The summed E-state index contributed by atoms with van der Waals surface area (Å²) in [5.41, 5.74) is 2.84. The van der Waals surface area contributed by atoms with E-state index in [4.69, 9.17) is 0 Å². The third kappa shape index (κ3) is 6.06. The molecule has 0 fully saturated rings. The summed E-state index contributed by atoms with van der Waals surface area (Å²) in [5.74, 6) is -0.441. The molecule has 3 amide bonds. The van der Waals surface area contributed by atoms with Crippen LogP contribution in [0.4, 0.5) is 10.7 Å². The van der Waals surface area contributed by atoms with Gasteiger partial charge in [0.1, 0.15) is 16.3 Å². The van der Waals surface area contributed by atoms with E-state index < -0.39 is 5.25 Å². The van der Waals surface area contributed by atoms with E-state index in [1.54, 1.807) is 11.0 Å². The van der Waals surface area contributed by atoms with Crippen molar-refractivity contribution in [3.63, 3.8) is 0 Å². The van der Waals surface area contributed by atoms with E-state index >= 15 is 0 Å². The highest BCUT2D eigenvalue weighted by Crippen LogP contribution is 2.40. The zero-order chi connectivity index (χ0) is 27.4. The van der Waals surface area contributed by atoms with Crippen LogP contribution in [0.15, 0.2) is 77.0 Å². The Balaban J connectivity index is 1.38. The van der Waals surface area contributed by atoms with Crippen LogP contribution in [-0.2, 0) is 22.6 Å². The van der Waals surface area contributed by atoms with Crippen molar-refractivity contribution < 1.29 is 14.4 Å². The smallest absolute Gasteiger partial charge is 0.265 e. The largest absolute Gasteiger partial charge is 0.337 e. The van der Waals surface area contributed by atoms with Gasteiger partial charge < -0.3 is 15.5 Å². The Kier molecular flexibility index (Phi) is 8.12. The number of hydrogen-bond acceptors (Lipinski definition) is 7. The molecule has 5 rings (SSSR count). The number of amides is 3. The number of nitrogens with zero attached hydrogens (tertiary/aromatic N) is 2. The lowest BCUT2D eigenvalue weighted by atomic mass is 10.0. The maximum Gasteiger partial charge on any atom is 0.265 e. The first-order valence-corrected chi connectivity index (χ1v) is 14.8. The van der Waals surface area contributed by atoms with Gasteiger partial charge in [-0.15, -0.1) is 34.4 Å². The van der Waals surface area contributed by atoms with Gasteiger partial charge in [0.05, 0.1) is 17.0 Å². The molecule has 2 aromatic carbocycles. The van der Waals surface area contributed by atoms with Gasteiger partial charge in [0, 0.05) is 28.9 Å². The van der Waals surface area contributed by atoms with Gasteiger partial charge in [0.25, 0.3) is 5.91 Å². The fourth-order valence-corrected chi connectivity index (χ4v) is 7.26. The number of carbonyl (C=O) groups is 3. The van der Waals surface area contributed by atoms with E-state index in [-0.39, 0.29) is 17.7 Å². The summed E-state index contributed by atoms with van der Waals surface area (Å²) in [4.78, 5) is 42.2. The molecule has 0 radical (unpaired) electrons. The summed E-state index contributed by atoms with van der Waals surface area (Å²) in [6.45, 7) is 2.54. The number of hydrogen-bond donors (Lipinski definition) is 2. The van der Waals surface area contributed by atoms with E-state index in [0.29, 0.717) is 40.6 Å². The third-order valence-corrected chi connectivity index (χ3v) is 9.53. The van der Waals surface area contributed by atoms with Crippen LogP contribution in [0, 0.1) is 11.3 Å². The normalized spacial score (nSPS) is 13.2. The molecule has 39 heavy (non-hydrogen) atoms. The van der Waals surface area contributed by atoms with Crippen molar-refractivity contribution in [3.05, 3.63) is 98.6 Å². The summed E-state index contributed by atoms with van der Waals surface area (Å²) >= 11 is 4.10. The number of anilines is 2. The number of fused-ring (bicyclic) bond motifs is 1. The molecular weight excluding hydrogens is 549 g/mol. The standard InChI is InChI=1S/C29H24N4O3S3/c1-18(34)33-13-12-22-23(16-30)29(39-25(22)17-33)32-28(36)26(19-7-3-2-4-8-19)38-21-10-5-9-20(15-21)31-27(35)24-11-6-14-37-24/h2-11,14-15,26H,12-13,17H2,1H3,(H,31,35)(H,32,36). The highest BCUT2D eigenvalue weighted by molar-refractivity contribution is 8.00. The van der Waals surface area contributed by atoms with E-state index in [0.717, 1.165) is 20.9 Å². The van der Waals surface area contributed by atoms with E-state index in [1.165, 1.54) is 41.4 Å². The van der Waals surface area contributed by atoms with E-state index in [1.807, 2.05) is 66.0 Å². The fourth-order valence-electron chi connectivity index (χ4n) is 4.34. The number of rotatable bonds is 7. The minimum atomic E-state index is -0.603. The molecule has 0 aliphatic carbocycles. The highest BCUT2D eigenvalue weighted by atomic mass is 32.2. The number of thioether (sulfide) groups is 1. The summed E-state index contributed by atoms with van der Waals surface area (Å²) < 4.78 is 0. The molecule has 1 aliphatic heterocycles. The van der Waals surface area contributed by atoms with Crippen LogP contribution < -0.4 is 10.6 Å². The molecule has 7 nitrogen and oxygen atoms in total. The maximum atomic E-state index is 13.7. The van der Waals surface area contributed by atoms with Crippen molar-refractivity contribution in [2.75, 3.05) is 17.2 Å². The number of nitriles is 1. The Labute approximate surface area is 238 Å². The van der Waals surface area contributed by atoms with E-state index in [9.17, 15) is 19.6 Å². The number of nitrogens with one attached hydrogen (secondary N) is 2. The number of thiophene rings is 2. The van der Waals surface area contributed by atoms with Crippen LogP contribution in [0.2, 0.25) is 0 Å². The van der Waals surface area contributed by atoms with Crippen molar-refractivity contribution in [1.29, 1.82) is 5.26 Å². The van der Waals surface area contributed by atoms with Crippen molar-refractivity contribution in [2.45, 2.75) is 30.0 Å². The van der Waals surface area contributed by atoms with Crippen LogP contribution >= 0.6 is 34.4 Å². The third-order valence-electron chi connectivity index (χ3n) is 6.28. The van der Waals surface area contributed by atoms with Gasteiger partial charge in [-0.25, -0.2) is 0 Å². The summed E-state index contributed by atoms with van der Waals surface area (Å²) in [6.07, 6.45) is 0.588. The molecule has 3 heterocycles. The first-order valence-electron chi connectivity index (χ1n) is 12.2. The van der Waals surface area contributed by atoms with Gasteiger partial charge in [0.15, 0.2) is 0 Å². The Morgan fingerprint density at radius 1 is 1.05 bits per heavy atom. The van der Waals surface area contributed by atoms with Crippen LogP contribution in [0.3, 0.4) is 0 Å². The zero-order valence-corrected chi connectivity index (χ0v) is 23.4. The maximum absolute atomic E-state index is 13.7. The van der Waals surface area contributed by atoms with E-state index in [2.05, 4.69) is 16.7 Å². The minimum Gasteiger partial charge on any atom is -0.337 e. The van der Waals surface area contributed by atoms with Gasteiger partial charge in [0.2, 0.25) is 11.8 Å². The average molecular weight is 573 g/mol. The lowest BCUT2D eigenvalue weighted by molar-refractivity contribution is -0.129. The topological polar surface area (TPSA) is 102 Å². The second kappa shape index (κ2) is 11.9. The molecule has 2 aromatic heterocycles. The first-order chi connectivity index (χ1) is 18.9. The van der Waals surface area contributed by atoms with Crippen LogP contribution in [0.1, 0.15) is 43.4 Å². The monoisotopic (exact) mass is 572 g/mol. The van der Waals surface area contributed by atoms with Crippen molar-refractivity contribution in [1.82, 2.24) is 4.90 Å². The molecule has 0 saturated carbocycles. The average Bonchev–Trinajstić information content (AvgIpc) is 3.60. The summed E-state index contributed by atoms with van der Waals surface area (Å²) in [5, 5.41) is 17.6. The highest BCUT2D eigenvalue weighted by Gasteiger charge is 2.29. The second-order valence-corrected chi connectivity index (χ2v) is 12.1.